The number of benzene rings is 2. The second-order valence-electron chi connectivity index (χ2n) is 12.9. The topological polar surface area (TPSA) is 80.0 Å². The van der Waals surface area contributed by atoms with E-state index in [-0.39, 0.29) is 23.7 Å². The molecule has 2 aromatic carbocycles. The average Bonchev–Trinajstić information content (AvgIpc) is 2.92. The number of amides is 1. The molecule has 1 aliphatic heterocycles. The number of rotatable bonds is 6. The monoisotopic (exact) mass is 545 g/mol. The van der Waals surface area contributed by atoms with Crippen molar-refractivity contribution in [3.8, 4) is 5.75 Å². The molecule has 1 N–H and O–H groups in total. The third-order valence-electron chi connectivity index (χ3n) is 9.24. The lowest BCUT2D eigenvalue weighted by Gasteiger charge is -2.47. The first-order chi connectivity index (χ1) is 19.0. The maximum atomic E-state index is 13.1. The van der Waals surface area contributed by atoms with Crippen LogP contribution in [-0.2, 0) is 23.2 Å². The fourth-order valence-corrected chi connectivity index (χ4v) is 6.47. The Morgan fingerprint density at radius 1 is 1.07 bits per heavy atom. The summed E-state index contributed by atoms with van der Waals surface area (Å²) in [6, 6.07) is 12.3. The van der Waals surface area contributed by atoms with Gasteiger partial charge in [-0.05, 0) is 73.8 Å². The Morgan fingerprint density at radius 2 is 1.82 bits per heavy atom. The van der Waals surface area contributed by atoms with E-state index < -0.39 is 11.2 Å². The normalized spacial score (nSPS) is 21.4. The van der Waals surface area contributed by atoms with Gasteiger partial charge in [-0.25, -0.2) is 4.79 Å². The zero-order valence-corrected chi connectivity index (χ0v) is 24.6. The second-order valence-corrected chi connectivity index (χ2v) is 12.9. The SMILES string of the molecule is Cc1c(CCC(=O)N2CCC3(O)CCCCC3C2)c(=O)oc2c(C)c(OCc3ccc(C(C)(C)C)cc3)ccc12. The zero-order valence-electron chi connectivity index (χ0n) is 24.6. The molecule has 5 rings (SSSR count). The Hall–Kier alpha value is -3.12. The number of piperidine rings is 1. The number of nitrogens with zero attached hydrogens (tertiary/aromatic N) is 1. The molecule has 2 atom stereocenters. The molecule has 0 radical (unpaired) electrons. The van der Waals surface area contributed by atoms with Crippen molar-refractivity contribution in [3.05, 3.63) is 74.6 Å². The van der Waals surface area contributed by atoms with E-state index in [0.29, 0.717) is 49.4 Å². The van der Waals surface area contributed by atoms with Gasteiger partial charge < -0.3 is 19.2 Å². The molecule has 214 valence electrons. The number of carbonyl (C=O) groups is 1. The maximum absolute atomic E-state index is 13.1. The van der Waals surface area contributed by atoms with Crippen molar-refractivity contribution < 1.29 is 19.1 Å². The molecule has 2 fully saturated rings. The summed E-state index contributed by atoms with van der Waals surface area (Å²) in [6.07, 6.45) is 5.24. The number of aliphatic hydroxyl groups is 1. The molecule has 2 unspecified atom stereocenters. The van der Waals surface area contributed by atoms with Crippen molar-refractivity contribution in [2.75, 3.05) is 13.1 Å². The Balaban J connectivity index is 1.26. The van der Waals surface area contributed by atoms with Crippen molar-refractivity contribution in [2.45, 2.75) is 97.2 Å². The Kier molecular flexibility index (Phi) is 7.84. The van der Waals surface area contributed by atoms with Gasteiger partial charge >= 0.3 is 5.63 Å². The Bertz CT molecular complexity index is 1450. The molecule has 6 nitrogen and oxygen atoms in total. The quantitative estimate of drug-likeness (QED) is 0.364. The molecule has 40 heavy (non-hydrogen) atoms. The average molecular weight is 546 g/mol. The van der Waals surface area contributed by atoms with Crippen LogP contribution in [0, 0.1) is 19.8 Å². The standard InChI is InChI=1S/C34H43NO5/c1-22-27-13-15-29(39-21-24-9-11-25(12-10-24)33(3,4)5)23(2)31(27)40-32(37)28(22)14-16-30(36)35-19-18-34(38)17-7-6-8-26(34)20-35/h9-13,15,26,38H,6-8,14,16-21H2,1-5H3. The van der Waals surface area contributed by atoms with E-state index in [1.165, 1.54) is 5.56 Å². The summed E-state index contributed by atoms with van der Waals surface area (Å²) in [4.78, 5) is 28.0. The highest BCUT2D eigenvalue weighted by atomic mass is 16.5. The number of ether oxygens (including phenoxy) is 1. The van der Waals surface area contributed by atoms with Gasteiger partial charge in [0, 0.05) is 41.9 Å². The summed E-state index contributed by atoms with van der Waals surface area (Å²) in [5.41, 5.74) is 4.19. The first-order valence-corrected chi connectivity index (χ1v) is 14.7. The molecule has 1 amide bonds. The molecule has 0 bridgehead atoms. The van der Waals surface area contributed by atoms with Gasteiger partial charge in [0.05, 0.1) is 5.60 Å². The predicted molar refractivity (Wildman–Crippen MR) is 158 cm³/mol. The van der Waals surface area contributed by atoms with Gasteiger partial charge in [-0.15, -0.1) is 0 Å². The van der Waals surface area contributed by atoms with Crippen LogP contribution in [0.25, 0.3) is 11.0 Å². The molecule has 1 saturated heterocycles. The van der Waals surface area contributed by atoms with Crippen molar-refractivity contribution in [2.24, 2.45) is 5.92 Å². The lowest BCUT2D eigenvalue weighted by atomic mass is 9.71. The molecule has 1 saturated carbocycles. The van der Waals surface area contributed by atoms with Crippen molar-refractivity contribution >= 4 is 16.9 Å². The van der Waals surface area contributed by atoms with Crippen LogP contribution < -0.4 is 10.4 Å². The summed E-state index contributed by atoms with van der Waals surface area (Å²) < 4.78 is 11.9. The third-order valence-corrected chi connectivity index (χ3v) is 9.24. The largest absolute Gasteiger partial charge is 0.488 e. The molecule has 2 heterocycles. The molecular formula is C34H43NO5. The van der Waals surface area contributed by atoms with Crippen LogP contribution in [0.15, 0.2) is 45.6 Å². The number of fused-ring (bicyclic) bond motifs is 2. The Labute approximate surface area is 237 Å². The van der Waals surface area contributed by atoms with Crippen molar-refractivity contribution in [1.29, 1.82) is 0 Å². The number of aryl methyl sites for hydroxylation is 2. The molecule has 0 spiro atoms. The van der Waals surface area contributed by atoms with Crippen molar-refractivity contribution in [3.63, 3.8) is 0 Å². The lowest BCUT2D eigenvalue weighted by molar-refractivity contribution is -0.143. The van der Waals surface area contributed by atoms with Crippen LogP contribution in [0.2, 0.25) is 0 Å². The van der Waals surface area contributed by atoms with Crippen LogP contribution in [0.3, 0.4) is 0 Å². The van der Waals surface area contributed by atoms with E-state index in [1.807, 2.05) is 30.9 Å². The van der Waals surface area contributed by atoms with E-state index in [4.69, 9.17) is 9.15 Å². The highest BCUT2D eigenvalue weighted by Gasteiger charge is 2.43. The molecule has 1 aliphatic carbocycles. The first kappa shape index (κ1) is 28.4. The minimum absolute atomic E-state index is 0.0435. The van der Waals surface area contributed by atoms with Crippen LogP contribution in [0.4, 0.5) is 0 Å². The maximum Gasteiger partial charge on any atom is 0.339 e. The fraction of sp³-hybridized carbons (Fsp3) is 0.529. The number of likely N-dealkylation sites (tertiary alicyclic amines) is 1. The molecular weight excluding hydrogens is 502 g/mol. The first-order valence-electron chi connectivity index (χ1n) is 14.7. The van der Waals surface area contributed by atoms with Gasteiger partial charge in [0.15, 0.2) is 0 Å². The lowest BCUT2D eigenvalue weighted by Crippen LogP contribution is -2.54. The minimum Gasteiger partial charge on any atom is -0.488 e. The van der Waals surface area contributed by atoms with Crippen LogP contribution in [0.5, 0.6) is 5.75 Å². The van der Waals surface area contributed by atoms with E-state index >= 15 is 0 Å². The zero-order chi connectivity index (χ0) is 28.7. The molecule has 3 aromatic rings. The van der Waals surface area contributed by atoms with E-state index in [0.717, 1.165) is 47.8 Å². The van der Waals surface area contributed by atoms with Gasteiger partial charge in [-0.3, -0.25) is 4.79 Å². The summed E-state index contributed by atoms with van der Waals surface area (Å²) in [7, 11) is 0. The number of hydrogen-bond donors (Lipinski definition) is 1. The van der Waals surface area contributed by atoms with Crippen LogP contribution in [0.1, 0.15) is 87.1 Å². The molecule has 1 aromatic heterocycles. The van der Waals surface area contributed by atoms with Gasteiger partial charge in [-0.1, -0.05) is 57.9 Å². The Morgan fingerprint density at radius 3 is 2.55 bits per heavy atom. The van der Waals surface area contributed by atoms with Gasteiger partial charge in [0.2, 0.25) is 5.91 Å². The summed E-state index contributed by atoms with van der Waals surface area (Å²) >= 11 is 0. The number of hydrogen-bond acceptors (Lipinski definition) is 5. The van der Waals surface area contributed by atoms with Gasteiger partial charge in [0.1, 0.15) is 17.9 Å². The van der Waals surface area contributed by atoms with Crippen LogP contribution in [-0.4, -0.2) is 34.6 Å². The number of carbonyl (C=O) groups excluding carboxylic acids is 1. The smallest absolute Gasteiger partial charge is 0.339 e. The van der Waals surface area contributed by atoms with E-state index in [9.17, 15) is 14.7 Å². The van der Waals surface area contributed by atoms with Gasteiger partial charge in [-0.2, -0.15) is 0 Å². The summed E-state index contributed by atoms with van der Waals surface area (Å²) in [5, 5.41) is 11.8. The van der Waals surface area contributed by atoms with E-state index in [2.05, 4.69) is 45.0 Å². The minimum atomic E-state index is -0.609. The second kappa shape index (κ2) is 11.0. The highest BCUT2D eigenvalue weighted by molar-refractivity contribution is 5.86. The third kappa shape index (κ3) is 5.69. The predicted octanol–water partition coefficient (Wildman–Crippen LogP) is 6.37. The molecule has 2 aliphatic rings. The fourth-order valence-electron chi connectivity index (χ4n) is 6.47. The van der Waals surface area contributed by atoms with Gasteiger partial charge in [0.25, 0.3) is 0 Å². The van der Waals surface area contributed by atoms with Crippen LogP contribution >= 0.6 is 0 Å². The van der Waals surface area contributed by atoms with Crippen molar-refractivity contribution in [1.82, 2.24) is 4.90 Å². The van der Waals surface area contributed by atoms with E-state index in [1.54, 1.807) is 0 Å². The summed E-state index contributed by atoms with van der Waals surface area (Å²) in [6.45, 7) is 12.1. The highest BCUT2D eigenvalue weighted by Crippen LogP contribution is 2.40. The molecule has 6 heteroatoms. The summed E-state index contributed by atoms with van der Waals surface area (Å²) in [5.74, 6) is 0.890.